The standard InChI is InChI=1S/C25H35N3O5S/c1-19(2)17-28(34(30,31)24-10-8-21(26)9-11-24)14-12-22(16-20-6-4-3-5-7-20)27-25(29)33-23-13-15-32-18-23/h3-11,19,22-23H,12-18,26H2,1-2H3,(H,27,29)/t22-,23?/m1/s1. The van der Waals surface area contributed by atoms with E-state index in [-0.39, 0.29) is 29.5 Å². The van der Waals surface area contributed by atoms with Crippen LogP contribution < -0.4 is 11.1 Å². The number of carbonyl (C=O) groups excluding carboxylic acids is 1. The molecule has 186 valence electrons. The lowest BCUT2D eigenvalue weighted by molar-refractivity contribution is 0.0803. The van der Waals surface area contributed by atoms with Crippen LogP contribution in [-0.2, 0) is 25.9 Å². The molecule has 0 radical (unpaired) electrons. The Kier molecular flexibility index (Phi) is 9.32. The van der Waals surface area contributed by atoms with Gasteiger partial charge in [-0.15, -0.1) is 0 Å². The van der Waals surface area contributed by atoms with Gasteiger partial charge in [0.15, 0.2) is 0 Å². The number of rotatable bonds is 11. The molecule has 2 atom stereocenters. The molecule has 1 fully saturated rings. The fourth-order valence-corrected chi connectivity index (χ4v) is 5.51. The highest BCUT2D eigenvalue weighted by molar-refractivity contribution is 7.89. The predicted molar refractivity (Wildman–Crippen MR) is 132 cm³/mol. The van der Waals surface area contributed by atoms with Crippen molar-refractivity contribution in [1.82, 2.24) is 9.62 Å². The van der Waals surface area contributed by atoms with E-state index < -0.39 is 16.1 Å². The van der Waals surface area contributed by atoms with E-state index in [1.54, 1.807) is 12.1 Å². The number of benzene rings is 2. The van der Waals surface area contributed by atoms with Gasteiger partial charge in [0.25, 0.3) is 0 Å². The zero-order chi connectivity index (χ0) is 24.6. The molecule has 1 aliphatic heterocycles. The van der Waals surface area contributed by atoms with Crippen molar-refractivity contribution in [2.45, 2.75) is 50.2 Å². The highest BCUT2D eigenvalue weighted by Gasteiger charge is 2.27. The lowest BCUT2D eigenvalue weighted by Crippen LogP contribution is -2.42. The first kappa shape index (κ1) is 26.0. The van der Waals surface area contributed by atoms with Crippen LogP contribution in [0.25, 0.3) is 0 Å². The molecule has 3 N–H and O–H groups in total. The van der Waals surface area contributed by atoms with E-state index in [0.717, 1.165) is 5.56 Å². The molecule has 2 aromatic rings. The van der Waals surface area contributed by atoms with E-state index in [2.05, 4.69) is 5.32 Å². The molecular formula is C25H35N3O5S. The molecule has 34 heavy (non-hydrogen) atoms. The van der Waals surface area contributed by atoms with Crippen LogP contribution in [0.3, 0.4) is 0 Å². The first-order chi connectivity index (χ1) is 16.2. The van der Waals surface area contributed by atoms with Crippen molar-refractivity contribution in [3.05, 3.63) is 60.2 Å². The van der Waals surface area contributed by atoms with E-state index in [1.807, 2.05) is 44.2 Å². The van der Waals surface area contributed by atoms with Crippen LogP contribution in [0.5, 0.6) is 0 Å². The summed E-state index contributed by atoms with van der Waals surface area (Å²) in [6.45, 7) is 5.57. The van der Waals surface area contributed by atoms with Crippen LogP contribution in [0.2, 0.25) is 0 Å². The van der Waals surface area contributed by atoms with Crippen molar-refractivity contribution in [2.75, 3.05) is 32.0 Å². The Morgan fingerprint density at radius 1 is 1.18 bits per heavy atom. The molecule has 1 saturated heterocycles. The van der Waals surface area contributed by atoms with Crippen molar-refractivity contribution in [2.24, 2.45) is 5.92 Å². The Hall–Kier alpha value is -2.62. The molecule has 1 heterocycles. The summed E-state index contributed by atoms with van der Waals surface area (Å²) >= 11 is 0. The van der Waals surface area contributed by atoms with E-state index in [0.29, 0.717) is 44.7 Å². The fourth-order valence-electron chi connectivity index (χ4n) is 3.89. The lowest BCUT2D eigenvalue weighted by atomic mass is 10.0. The van der Waals surface area contributed by atoms with Crippen LogP contribution in [0, 0.1) is 5.92 Å². The van der Waals surface area contributed by atoms with Gasteiger partial charge in [0.1, 0.15) is 6.10 Å². The predicted octanol–water partition coefficient (Wildman–Crippen LogP) is 3.43. The van der Waals surface area contributed by atoms with Crippen LogP contribution in [0.1, 0.15) is 32.3 Å². The summed E-state index contributed by atoms with van der Waals surface area (Å²) in [6, 6.07) is 15.7. The number of ether oxygens (including phenoxy) is 2. The minimum Gasteiger partial charge on any atom is -0.444 e. The summed E-state index contributed by atoms with van der Waals surface area (Å²) in [5, 5.41) is 2.95. The van der Waals surface area contributed by atoms with Crippen molar-refractivity contribution < 1.29 is 22.7 Å². The average molecular weight is 490 g/mol. The molecule has 0 aliphatic carbocycles. The molecular weight excluding hydrogens is 454 g/mol. The van der Waals surface area contributed by atoms with Gasteiger partial charge in [0.2, 0.25) is 10.0 Å². The maximum atomic E-state index is 13.4. The number of alkyl carbamates (subject to hydrolysis) is 1. The molecule has 3 rings (SSSR count). The highest BCUT2D eigenvalue weighted by Crippen LogP contribution is 2.20. The summed E-state index contributed by atoms with van der Waals surface area (Å²) in [4.78, 5) is 12.7. The molecule has 1 unspecified atom stereocenters. The van der Waals surface area contributed by atoms with E-state index in [9.17, 15) is 13.2 Å². The summed E-state index contributed by atoms with van der Waals surface area (Å²) in [5.74, 6) is 0.136. The van der Waals surface area contributed by atoms with Crippen LogP contribution in [0.4, 0.5) is 10.5 Å². The van der Waals surface area contributed by atoms with Crippen molar-refractivity contribution in [1.29, 1.82) is 0 Å². The number of nitrogens with two attached hydrogens (primary N) is 1. The van der Waals surface area contributed by atoms with Crippen LogP contribution >= 0.6 is 0 Å². The average Bonchev–Trinajstić information content (AvgIpc) is 3.30. The molecule has 0 bridgehead atoms. The Bertz CT molecular complexity index is 1010. The maximum Gasteiger partial charge on any atom is 0.407 e. The number of nitrogens with zero attached hydrogens (tertiary/aromatic N) is 1. The molecule has 0 spiro atoms. The van der Waals surface area contributed by atoms with Gasteiger partial charge in [-0.1, -0.05) is 44.2 Å². The minimum atomic E-state index is -3.71. The number of hydrogen-bond acceptors (Lipinski definition) is 6. The zero-order valence-corrected chi connectivity index (χ0v) is 20.7. The summed E-state index contributed by atoms with van der Waals surface area (Å²) in [6.07, 6.45) is 0.924. The second-order valence-electron chi connectivity index (χ2n) is 9.04. The second-order valence-corrected chi connectivity index (χ2v) is 11.0. The Morgan fingerprint density at radius 2 is 1.88 bits per heavy atom. The Morgan fingerprint density at radius 3 is 2.50 bits per heavy atom. The largest absolute Gasteiger partial charge is 0.444 e. The first-order valence-electron chi connectivity index (χ1n) is 11.7. The molecule has 0 aromatic heterocycles. The molecule has 1 amide bonds. The lowest BCUT2D eigenvalue weighted by Gasteiger charge is -2.27. The number of anilines is 1. The zero-order valence-electron chi connectivity index (χ0n) is 19.9. The minimum absolute atomic E-state index is 0.136. The van der Waals surface area contributed by atoms with Gasteiger partial charge in [-0.05, 0) is 48.6 Å². The molecule has 8 nitrogen and oxygen atoms in total. The van der Waals surface area contributed by atoms with E-state index in [4.69, 9.17) is 15.2 Å². The van der Waals surface area contributed by atoms with Gasteiger partial charge in [-0.3, -0.25) is 0 Å². The summed E-state index contributed by atoms with van der Waals surface area (Å²) < 4.78 is 39.0. The van der Waals surface area contributed by atoms with Gasteiger partial charge in [-0.2, -0.15) is 4.31 Å². The third-order valence-corrected chi connectivity index (χ3v) is 7.50. The number of amides is 1. The van der Waals surface area contributed by atoms with Gasteiger partial charge in [0.05, 0.1) is 18.1 Å². The second kappa shape index (κ2) is 12.2. The number of hydrogen-bond donors (Lipinski definition) is 2. The molecule has 1 aliphatic rings. The van der Waals surface area contributed by atoms with Crippen molar-refractivity contribution >= 4 is 21.8 Å². The Labute approximate surface area is 202 Å². The SMILES string of the molecule is CC(C)CN(CC[C@H](Cc1ccccc1)NC(=O)OC1CCOC1)S(=O)(=O)c1ccc(N)cc1. The third-order valence-electron chi connectivity index (χ3n) is 5.62. The van der Waals surface area contributed by atoms with E-state index >= 15 is 0 Å². The summed E-state index contributed by atoms with van der Waals surface area (Å²) in [5.41, 5.74) is 7.29. The number of nitrogen functional groups attached to an aromatic ring is 1. The van der Waals surface area contributed by atoms with Gasteiger partial charge < -0.3 is 20.5 Å². The summed E-state index contributed by atoms with van der Waals surface area (Å²) in [7, 11) is -3.71. The number of carbonyl (C=O) groups is 1. The van der Waals surface area contributed by atoms with Crippen LogP contribution in [0.15, 0.2) is 59.5 Å². The third kappa shape index (κ3) is 7.72. The molecule has 0 saturated carbocycles. The number of nitrogens with one attached hydrogen (secondary N) is 1. The molecule has 9 heteroatoms. The van der Waals surface area contributed by atoms with E-state index in [1.165, 1.54) is 16.4 Å². The van der Waals surface area contributed by atoms with Gasteiger partial charge >= 0.3 is 6.09 Å². The van der Waals surface area contributed by atoms with Crippen molar-refractivity contribution in [3.63, 3.8) is 0 Å². The Balaban J connectivity index is 1.73. The monoisotopic (exact) mass is 489 g/mol. The maximum absolute atomic E-state index is 13.4. The van der Waals surface area contributed by atoms with Crippen molar-refractivity contribution in [3.8, 4) is 0 Å². The topological polar surface area (TPSA) is 111 Å². The van der Waals surface area contributed by atoms with Gasteiger partial charge in [0, 0.05) is 31.2 Å². The quantitative estimate of drug-likeness (QED) is 0.468. The molecule has 2 aromatic carbocycles. The van der Waals surface area contributed by atoms with Crippen LogP contribution in [-0.4, -0.2) is 57.3 Å². The van der Waals surface area contributed by atoms with Gasteiger partial charge in [-0.25, -0.2) is 13.2 Å². The smallest absolute Gasteiger partial charge is 0.407 e. The number of sulfonamides is 1. The highest BCUT2D eigenvalue weighted by atomic mass is 32.2. The normalized spacial score (nSPS) is 17.1. The fraction of sp³-hybridized carbons (Fsp3) is 0.480. The first-order valence-corrected chi connectivity index (χ1v) is 13.1.